The molecule has 0 atom stereocenters. The van der Waals surface area contributed by atoms with Crippen LogP contribution in [0.5, 0.6) is 11.5 Å². The number of carboxylic acids is 2. The van der Waals surface area contributed by atoms with Gasteiger partial charge in [-0.3, -0.25) is 0 Å². The van der Waals surface area contributed by atoms with Crippen LogP contribution in [-0.2, 0) is 16.2 Å². The van der Waals surface area contributed by atoms with Gasteiger partial charge < -0.3 is 24.6 Å². The third kappa shape index (κ3) is 10.00. The molecule has 31 heavy (non-hydrogen) atoms. The first kappa shape index (κ1) is 24.2. The van der Waals surface area contributed by atoms with Gasteiger partial charge in [0.2, 0.25) is 0 Å². The van der Waals surface area contributed by atoms with Gasteiger partial charge in [-0.2, -0.15) is 0 Å². The molecule has 2 aromatic rings. The van der Waals surface area contributed by atoms with Crippen molar-refractivity contribution in [1.82, 2.24) is 4.90 Å². The van der Waals surface area contributed by atoms with Gasteiger partial charge in [0.25, 0.3) is 0 Å². The Balaban J connectivity index is 0.000000501. The Kier molecular flexibility index (Phi) is 10.4. The molecule has 2 aromatic carbocycles. The fourth-order valence-electron chi connectivity index (χ4n) is 3.14. The number of carbonyl (C=O) groups is 2. The third-order valence-corrected chi connectivity index (χ3v) is 5.02. The molecule has 7 heteroatoms. The molecule has 1 aliphatic heterocycles. The third-order valence-electron chi connectivity index (χ3n) is 5.02. The van der Waals surface area contributed by atoms with Crippen LogP contribution in [0.15, 0.2) is 54.6 Å². The standard InChI is InChI=1S/C22H29NO2.C2H2O4/c1-19-12-15-23(16-13-19)14-5-17-24-21-8-10-22(11-9-21)25-18-20-6-3-2-4-7-20;3-1(4)2(5)6/h2-4,6-11,19H,5,12-18H2,1H3;(H,3,4)(H,5,6). The van der Waals surface area contributed by atoms with Crippen molar-refractivity contribution in [1.29, 1.82) is 0 Å². The van der Waals surface area contributed by atoms with E-state index in [9.17, 15) is 0 Å². The normalized spacial score (nSPS) is 14.2. The molecule has 2 N–H and O–H groups in total. The topological polar surface area (TPSA) is 96.3 Å². The zero-order valence-electron chi connectivity index (χ0n) is 17.9. The molecule has 0 aromatic heterocycles. The van der Waals surface area contributed by atoms with Crippen LogP contribution in [0.4, 0.5) is 0 Å². The van der Waals surface area contributed by atoms with Gasteiger partial charge in [0.05, 0.1) is 6.61 Å². The van der Waals surface area contributed by atoms with E-state index in [2.05, 4.69) is 24.0 Å². The average molecular weight is 430 g/mol. The molecule has 0 aliphatic carbocycles. The van der Waals surface area contributed by atoms with Crippen LogP contribution in [-0.4, -0.2) is 53.3 Å². The maximum atomic E-state index is 9.10. The molecule has 1 fully saturated rings. The highest BCUT2D eigenvalue weighted by atomic mass is 16.5. The fourth-order valence-corrected chi connectivity index (χ4v) is 3.14. The summed E-state index contributed by atoms with van der Waals surface area (Å²) in [5, 5.41) is 14.8. The van der Waals surface area contributed by atoms with Crippen molar-refractivity contribution in [3.63, 3.8) is 0 Å². The van der Waals surface area contributed by atoms with Gasteiger partial charge in [0.15, 0.2) is 0 Å². The summed E-state index contributed by atoms with van der Waals surface area (Å²) in [5.74, 6) is -0.960. The maximum absolute atomic E-state index is 9.10. The number of ether oxygens (including phenoxy) is 2. The lowest BCUT2D eigenvalue weighted by molar-refractivity contribution is -0.159. The zero-order chi connectivity index (χ0) is 22.5. The molecule has 0 radical (unpaired) electrons. The first-order valence-corrected chi connectivity index (χ1v) is 10.5. The van der Waals surface area contributed by atoms with Crippen LogP contribution in [0.25, 0.3) is 0 Å². The highest BCUT2D eigenvalue weighted by molar-refractivity contribution is 6.27. The monoisotopic (exact) mass is 429 g/mol. The number of hydrogen-bond donors (Lipinski definition) is 2. The quantitative estimate of drug-likeness (QED) is 0.485. The minimum absolute atomic E-state index is 0.593. The maximum Gasteiger partial charge on any atom is 0.414 e. The summed E-state index contributed by atoms with van der Waals surface area (Å²) in [7, 11) is 0. The fraction of sp³-hybridized carbons (Fsp3) is 0.417. The van der Waals surface area contributed by atoms with E-state index in [1.165, 1.54) is 31.5 Å². The molecule has 1 heterocycles. The summed E-state index contributed by atoms with van der Waals surface area (Å²) in [6.07, 6.45) is 3.76. The van der Waals surface area contributed by atoms with E-state index in [-0.39, 0.29) is 0 Å². The predicted molar refractivity (Wildman–Crippen MR) is 117 cm³/mol. The number of nitrogens with zero attached hydrogens (tertiary/aromatic N) is 1. The SMILES string of the molecule is CC1CCN(CCCOc2ccc(OCc3ccccc3)cc2)CC1.O=C(O)C(=O)O. The number of carboxylic acid groups (broad SMARTS) is 2. The minimum Gasteiger partial charge on any atom is -0.494 e. The van der Waals surface area contributed by atoms with Crippen molar-refractivity contribution in [3.05, 3.63) is 60.2 Å². The Morgan fingerprint density at radius 2 is 1.45 bits per heavy atom. The lowest BCUT2D eigenvalue weighted by Gasteiger charge is -2.30. The highest BCUT2D eigenvalue weighted by Crippen LogP contribution is 2.19. The van der Waals surface area contributed by atoms with Crippen molar-refractivity contribution in [2.24, 2.45) is 5.92 Å². The molecule has 168 valence electrons. The Hall–Kier alpha value is -3.06. The van der Waals surface area contributed by atoms with Crippen LogP contribution < -0.4 is 9.47 Å². The van der Waals surface area contributed by atoms with Crippen molar-refractivity contribution in [2.75, 3.05) is 26.2 Å². The number of benzene rings is 2. The van der Waals surface area contributed by atoms with Crippen LogP contribution in [0.1, 0.15) is 31.7 Å². The molecule has 7 nitrogen and oxygen atoms in total. The Morgan fingerprint density at radius 3 is 2.00 bits per heavy atom. The Morgan fingerprint density at radius 1 is 0.903 bits per heavy atom. The van der Waals surface area contributed by atoms with Gasteiger partial charge >= 0.3 is 11.9 Å². The predicted octanol–water partition coefficient (Wildman–Crippen LogP) is 3.92. The summed E-state index contributed by atoms with van der Waals surface area (Å²) in [5.41, 5.74) is 1.18. The van der Waals surface area contributed by atoms with Gasteiger partial charge in [-0.15, -0.1) is 0 Å². The van der Waals surface area contributed by atoms with E-state index < -0.39 is 11.9 Å². The van der Waals surface area contributed by atoms with E-state index in [4.69, 9.17) is 29.3 Å². The molecular weight excluding hydrogens is 398 g/mol. The van der Waals surface area contributed by atoms with Gasteiger partial charge in [-0.05, 0) is 68.1 Å². The molecule has 0 bridgehead atoms. The Bertz CT molecular complexity index is 773. The van der Waals surface area contributed by atoms with Gasteiger partial charge in [0, 0.05) is 6.54 Å². The summed E-state index contributed by atoms with van der Waals surface area (Å²) < 4.78 is 11.7. The van der Waals surface area contributed by atoms with E-state index in [0.717, 1.165) is 37.0 Å². The molecule has 0 unspecified atom stereocenters. The molecule has 0 saturated carbocycles. The zero-order valence-corrected chi connectivity index (χ0v) is 17.9. The number of piperidine rings is 1. The van der Waals surface area contributed by atoms with Crippen molar-refractivity contribution in [3.8, 4) is 11.5 Å². The van der Waals surface area contributed by atoms with E-state index in [1.807, 2.05) is 42.5 Å². The second-order valence-electron chi connectivity index (χ2n) is 7.58. The van der Waals surface area contributed by atoms with Gasteiger partial charge in [-0.25, -0.2) is 9.59 Å². The summed E-state index contributed by atoms with van der Waals surface area (Å²) in [6.45, 7) is 7.35. The van der Waals surface area contributed by atoms with Gasteiger partial charge in [0.1, 0.15) is 18.1 Å². The summed E-state index contributed by atoms with van der Waals surface area (Å²) in [4.78, 5) is 20.8. The number of hydrogen-bond acceptors (Lipinski definition) is 5. The second-order valence-corrected chi connectivity index (χ2v) is 7.58. The number of likely N-dealkylation sites (tertiary alicyclic amines) is 1. The number of rotatable bonds is 8. The molecule has 0 spiro atoms. The molecule has 1 saturated heterocycles. The van der Waals surface area contributed by atoms with E-state index in [0.29, 0.717) is 6.61 Å². The van der Waals surface area contributed by atoms with Gasteiger partial charge in [-0.1, -0.05) is 37.3 Å². The molecular formula is C24H31NO6. The molecule has 3 rings (SSSR count). The largest absolute Gasteiger partial charge is 0.494 e. The second kappa shape index (κ2) is 13.3. The molecule has 0 amide bonds. The van der Waals surface area contributed by atoms with Crippen LogP contribution in [0.3, 0.4) is 0 Å². The highest BCUT2D eigenvalue weighted by Gasteiger charge is 2.14. The first-order chi connectivity index (χ1) is 14.9. The van der Waals surface area contributed by atoms with Crippen molar-refractivity contribution >= 4 is 11.9 Å². The average Bonchev–Trinajstić information content (AvgIpc) is 2.78. The molecule has 1 aliphatic rings. The number of aliphatic carboxylic acids is 2. The smallest absolute Gasteiger partial charge is 0.414 e. The lowest BCUT2D eigenvalue weighted by atomic mass is 9.99. The van der Waals surface area contributed by atoms with Crippen LogP contribution in [0.2, 0.25) is 0 Å². The van der Waals surface area contributed by atoms with Crippen molar-refractivity contribution < 1.29 is 29.3 Å². The van der Waals surface area contributed by atoms with E-state index >= 15 is 0 Å². The van der Waals surface area contributed by atoms with E-state index in [1.54, 1.807) is 0 Å². The van der Waals surface area contributed by atoms with Crippen molar-refractivity contribution in [2.45, 2.75) is 32.8 Å². The Labute approximate surface area is 183 Å². The summed E-state index contributed by atoms with van der Waals surface area (Å²) >= 11 is 0. The van der Waals surface area contributed by atoms with Crippen LogP contribution >= 0.6 is 0 Å². The minimum atomic E-state index is -1.82. The van der Waals surface area contributed by atoms with Crippen LogP contribution in [0, 0.1) is 5.92 Å². The summed E-state index contributed by atoms with van der Waals surface area (Å²) in [6, 6.07) is 18.1. The first-order valence-electron chi connectivity index (χ1n) is 10.5. The lowest BCUT2D eigenvalue weighted by Crippen LogP contribution is -2.34.